The highest BCUT2D eigenvalue weighted by molar-refractivity contribution is 5.95. The van der Waals surface area contributed by atoms with E-state index in [1.807, 2.05) is 42.5 Å². The molecule has 2 aromatic heterocycles. The molecule has 1 atom stereocenters. The Balaban J connectivity index is 1.53. The average molecular weight is 378 g/mol. The van der Waals surface area contributed by atoms with Crippen molar-refractivity contribution in [1.29, 1.82) is 0 Å². The van der Waals surface area contributed by atoms with Gasteiger partial charge in [-0.05, 0) is 49.1 Å². The van der Waals surface area contributed by atoms with Crippen LogP contribution in [-0.2, 0) is 6.54 Å². The molecule has 5 nitrogen and oxygen atoms in total. The van der Waals surface area contributed by atoms with E-state index in [2.05, 4.69) is 14.5 Å². The molecule has 1 aliphatic heterocycles. The molecule has 1 aromatic carbocycles. The van der Waals surface area contributed by atoms with Crippen LogP contribution in [-0.4, -0.2) is 38.4 Å². The molecule has 0 saturated carbocycles. The van der Waals surface area contributed by atoms with Gasteiger partial charge in [0, 0.05) is 49.4 Å². The second-order valence-corrected chi connectivity index (χ2v) is 7.32. The normalized spacial score (nSPS) is 16.9. The van der Waals surface area contributed by atoms with Gasteiger partial charge in [-0.3, -0.25) is 9.78 Å². The maximum absolute atomic E-state index is 13.6. The molecule has 0 unspecified atom stereocenters. The fourth-order valence-electron chi connectivity index (χ4n) is 3.87. The summed E-state index contributed by atoms with van der Waals surface area (Å²) in [6.07, 6.45) is 9.29. The molecule has 1 saturated heterocycles. The van der Waals surface area contributed by atoms with Gasteiger partial charge in [-0.2, -0.15) is 0 Å². The fraction of sp³-hybridized carbons (Fsp3) is 0.318. The van der Waals surface area contributed by atoms with E-state index in [0.717, 1.165) is 29.8 Å². The van der Waals surface area contributed by atoms with Gasteiger partial charge < -0.3 is 9.47 Å². The van der Waals surface area contributed by atoms with Crippen molar-refractivity contribution in [3.8, 4) is 0 Å². The van der Waals surface area contributed by atoms with Gasteiger partial charge in [-0.15, -0.1) is 0 Å². The van der Waals surface area contributed by atoms with Crippen LogP contribution >= 0.6 is 0 Å². The highest BCUT2D eigenvalue weighted by Crippen LogP contribution is 2.28. The van der Waals surface area contributed by atoms with E-state index in [4.69, 9.17) is 0 Å². The molecule has 0 aliphatic carbocycles. The zero-order chi connectivity index (χ0) is 19.5. The maximum Gasteiger partial charge on any atom is 0.254 e. The number of pyridine rings is 1. The van der Waals surface area contributed by atoms with Crippen LogP contribution in [0.15, 0.2) is 55.1 Å². The standard InChI is InChI=1S/C22H23FN4O/c1-16-6-7-19(23)12-20(16)22(28)27-10-3-5-18(15-27)21-25-9-11-26(21)14-17-4-2-8-24-13-17/h2,4,6-9,11-13,18H,3,5,10,14-15H2,1H3/t18-/m1/s1. The van der Waals surface area contributed by atoms with Crippen LogP contribution in [0.25, 0.3) is 0 Å². The molecule has 28 heavy (non-hydrogen) atoms. The number of carbonyl (C=O) groups excluding carboxylic acids is 1. The number of aromatic nitrogens is 3. The Kier molecular flexibility index (Phi) is 5.19. The first-order chi connectivity index (χ1) is 13.6. The first kappa shape index (κ1) is 18.3. The quantitative estimate of drug-likeness (QED) is 0.694. The Morgan fingerprint density at radius 1 is 1.29 bits per heavy atom. The predicted molar refractivity (Wildman–Crippen MR) is 105 cm³/mol. The molecule has 1 aliphatic rings. The van der Waals surface area contributed by atoms with Crippen LogP contribution in [0.2, 0.25) is 0 Å². The van der Waals surface area contributed by atoms with Crippen LogP contribution in [0.4, 0.5) is 4.39 Å². The molecule has 3 heterocycles. The molecule has 0 bridgehead atoms. The fourth-order valence-corrected chi connectivity index (χ4v) is 3.87. The van der Waals surface area contributed by atoms with Crippen LogP contribution in [0.1, 0.15) is 46.1 Å². The van der Waals surface area contributed by atoms with Crippen molar-refractivity contribution in [2.24, 2.45) is 0 Å². The molecule has 0 N–H and O–H groups in total. The summed E-state index contributed by atoms with van der Waals surface area (Å²) < 4.78 is 15.8. The zero-order valence-electron chi connectivity index (χ0n) is 15.9. The first-order valence-electron chi connectivity index (χ1n) is 9.57. The molecule has 4 rings (SSSR count). The summed E-state index contributed by atoms with van der Waals surface area (Å²) in [6.45, 7) is 3.83. The van der Waals surface area contributed by atoms with Crippen LogP contribution in [0.3, 0.4) is 0 Å². The minimum absolute atomic E-state index is 0.105. The van der Waals surface area contributed by atoms with E-state index >= 15 is 0 Å². The Labute approximate surface area is 163 Å². The summed E-state index contributed by atoms with van der Waals surface area (Å²) in [5.74, 6) is 0.664. The predicted octanol–water partition coefficient (Wildman–Crippen LogP) is 3.79. The number of nitrogens with zero attached hydrogens (tertiary/aromatic N) is 4. The number of rotatable bonds is 4. The highest BCUT2D eigenvalue weighted by atomic mass is 19.1. The molecule has 6 heteroatoms. The minimum Gasteiger partial charge on any atom is -0.338 e. The van der Waals surface area contributed by atoms with Crippen LogP contribution in [0, 0.1) is 12.7 Å². The Morgan fingerprint density at radius 2 is 2.18 bits per heavy atom. The topological polar surface area (TPSA) is 51.0 Å². The summed E-state index contributed by atoms with van der Waals surface area (Å²) in [7, 11) is 0. The Hall–Kier alpha value is -3.02. The number of carbonyl (C=O) groups is 1. The second-order valence-electron chi connectivity index (χ2n) is 7.32. The molecule has 1 fully saturated rings. The number of aryl methyl sites for hydroxylation is 1. The first-order valence-corrected chi connectivity index (χ1v) is 9.57. The van der Waals surface area contributed by atoms with Gasteiger partial charge in [0.05, 0.1) is 6.54 Å². The molecule has 1 amide bonds. The lowest BCUT2D eigenvalue weighted by molar-refractivity contribution is 0.0702. The van der Waals surface area contributed by atoms with Gasteiger partial charge in [-0.25, -0.2) is 9.37 Å². The number of imidazole rings is 1. The third-order valence-corrected chi connectivity index (χ3v) is 5.33. The molecule has 0 spiro atoms. The van der Waals surface area contributed by atoms with Gasteiger partial charge in [0.25, 0.3) is 5.91 Å². The molecular weight excluding hydrogens is 355 g/mol. The lowest BCUT2D eigenvalue weighted by atomic mass is 9.95. The number of amides is 1. The number of likely N-dealkylation sites (tertiary alicyclic amines) is 1. The smallest absolute Gasteiger partial charge is 0.254 e. The van der Waals surface area contributed by atoms with E-state index in [1.54, 1.807) is 12.3 Å². The monoisotopic (exact) mass is 378 g/mol. The van der Waals surface area contributed by atoms with E-state index in [0.29, 0.717) is 25.2 Å². The van der Waals surface area contributed by atoms with Crippen molar-refractivity contribution in [2.45, 2.75) is 32.2 Å². The lowest BCUT2D eigenvalue weighted by Gasteiger charge is -2.33. The molecule has 3 aromatic rings. The van der Waals surface area contributed by atoms with Gasteiger partial charge in [0.15, 0.2) is 0 Å². The van der Waals surface area contributed by atoms with E-state index < -0.39 is 0 Å². The van der Waals surface area contributed by atoms with E-state index in [9.17, 15) is 9.18 Å². The van der Waals surface area contributed by atoms with Crippen molar-refractivity contribution < 1.29 is 9.18 Å². The van der Waals surface area contributed by atoms with Gasteiger partial charge in [-0.1, -0.05) is 12.1 Å². The largest absolute Gasteiger partial charge is 0.338 e. The van der Waals surface area contributed by atoms with E-state index in [-0.39, 0.29) is 17.6 Å². The van der Waals surface area contributed by atoms with Crippen molar-refractivity contribution in [3.63, 3.8) is 0 Å². The second kappa shape index (κ2) is 7.92. The van der Waals surface area contributed by atoms with Gasteiger partial charge in [0.2, 0.25) is 0 Å². The molecule has 144 valence electrons. The summed E-state index contributed by atoms with van der Waals surface area (Å²) >= 11 is 0. The van der Waals surface area contributed by atoms with Crippen molar-refractivity contribution >= 4 is 5.91 Å². The summed E-state index contributed by atoms with van der Waals surface area (Å²) in [5.41, 5.74) is 2.35. The van der Waals surface area contributed by atoms with Crippen LogP contribution < -0.4 is 0 Å². The third kappa shape index (κ3) is 3.81. The molecule has 0 radical (unpaired) electrons. The van der Waals surface area contributed by atoms with E-state index in [1.165, 1.54) is 12.1 Å². The number of hydrogen-bond acceptors (Lipinski definition) is 3. The summed E-state index contributed by atoms with van der Waals surface area (Å²) in [4.78, 5) is 23.6. The summed E-state index contributed by atoms with van der Waals surface area (Å²) in [6, 6.07) is 8.35. The Morgan fingerprint density at radius 3 is 3.00 bits per heavy atom. The molecular formula is C22H23FN4O. The minimum atomic E-state index is -0.380. The van der Waals surface area contributed by atoms with Crippen molar-refractivity contribution in [2.75, 3.05) is 13.1 Å². The van der Waals surface area contributed by atoms with Gasteiger partial charge >= 0.3 is 0 Å². The number of benzene rings is 1. The van der Waals surface area contributed by atoms with Crippen molar-refractivity contribution in [3.05, 3.63) is 83.5 Å². The zero-order valence-corrected chi connectivity index (χ0v) is 15.9. The Bertz CT molecular complexity index is 970. The SMILES string of the molecule is Cc1ccc(F)cc1C(=O)N1CCC[C@@H](c2nccn2Cc2cccnc2)C1. The number of halogens is 1. The van der Waals surface area contributed by atoms with Crippen molar-refractivity contribution in [1.82, 2.24) is 19.4 Å². The maximum atomic E-state index is 13.6. The lowest BCUT2D eigenvalue weighted by Crippen LogP contribution is -2.40. The van der Waals surface area contributed by atoms with Gasteiger partial charge in [0.1, 0.15) is 11.6 Å². The third-order valence-electron chi connectivity index (χ3n) is 5.33. The highest BCUT2D eigenvalue weighted by Gasteiger charge is 2.28. The number of piperidine rings is 1. The number of hydrogen-bond donors (Lipinski definition) is 0. The average Bonchev–Trinajstić information content (AvgIpc) is 3.18. The summed E-state index contributed by atoms with van der Waals surface area (Å²) in [5, 5.41) is 0. The van der Waals surface area contributed by atoms with Crippen LogP contribution in [0.5, 0.6) is 0 Å².